The maximum Gasteiger partial charge on any atom is 0.320 e. The fourth-order valence-corrected chi connectivity index (χ4v) is 3.85. The summed E-state index contributed by atoms with van der Waals surface area (Å²) in [5.74, 6) is -0.998. The van der Waals surface area contributed by atoms with E-state index in [1.165, 1.54) is 25.8 Å². The molecule has 6 nitrogen and oxygen atoms in total. The molecule has 1 N–H and O–H groups in total. The van der Waals surface area contributed by atoms with Crippen molar-refractivity contribution in [2.45, 2.75) is 38.1 Å². The largest absolute Gasteiger partial charge is 0.481 e. The highest BCUT2D eigenvalue weighted by Crippen LogP contribution is 2.23. The average Bonchev–Trinajstić information content (AvgIpc) is 2.54. The molecule has 0 radical (unpaired) electrons. The quantitative estimate of drug-likeness (QED) is 0.786. The molecule has 3 saturated heterocycles. The third-order valence-corrected chi connectivity index (χ3v) is 5.22. The van der Waals surface area contributed by atoms with E-state index < -0.39 is 5.97 Å². The summed E-state index contributed by atoms with van der Waals surface area (Å²) >= 11 is 0. The van der Waals surface area contributed by atoms with E-state index in [4.69, 9.17) is 5.11 Å². The molecular formula is C15H25N3O3. The van der Waals surface area contributed by atoms with Gasteiger partial charge in [0.2, 0.25) is 0 Å². The number of carboxylic acid groups (broad SMARTS) is 1. The molecule has 1 unspecified atom stereocenters. The van der Waals surface area contributed by atoms with Gasteiger partial charge in [-0.1, -0.05) is 6.42 Å². The molecule has 0 aromatic heterocycles. The molecule has 3 heterocycles. The Balaban J connectivity index is 1.53. The van der Waals surface area contributed by atoms with Crippen molar-refractivity contribution in [1.29, 1.82) is 0 Å². The summed E-state index contributed by atoms with van der Waals surface area (Å²) in [5.41, 5.74) is 0. The number of likely N-dealkylation sites (tertiary alicyclic amines) is 1. The van der Waals surface area contributed by atoms with Gasteiger partial charge in [-0.3, -0.25) is 9.69 Å². The van der Waals surface area contributed by atoms with Gasteiger partial charge in [0.25, 0.3) is 0 Å². The highest BCUT2D eigenvalue weighted by atomic mass is 16.4. The van der Waals surface area contributed by atoms with Crippen LogP contribution in [0.1, 0.15) is 32.1 Å². The van der Waals surface area contributed by atoms with Crippen LogP contribution >= 0.6 is 0 Å². The standard InChI is InChI=1S/C15H25N3O3/c19-14(20)12-4-7-17(8-5-12)15(21)18-10-9-16-6-2-1-3-13(16)11-18/h12-13H,1-11H2,(H,19,20). The Morgan fingerprint density at radius 1 is 0.857 bits per heavy atom. The molecule has 0 saturated carbocycles. The Bertz CT molecular complexity index is 407. The van der Waals surface area contributed by atoms with Crippen molar-refractivity contribution < 1.29 is 14.7 Å². The number of carbonyl (C=O) groups is 2. The van der Waals surface area contributed by atoms with Gasteiger partial charge in [0.05, 0.1) is 5.92 Å². The van der Waals surface area contributed by atoms with Gasteiger partial charge in [-0.15, -0.1) is 0 Å². The van der Waals surface area contributed by atoms with E-state index in [-0.39, 0.29) is 11.9 Å². The number of amides is 2. The summed E-state index contributed by atoms with van der Waals surface area (Å²) in [6.07, 6.45) is 4.93. The first-order valence-electron chi connectivity index (χ1n) is 8.16. The summed E-state index contributed by atoms with van der Waals surface area (Å²) in [7, 11) is 0. The van der Waals surface area contributed by atoms with E-state index in [0.29, 0.717) is 32.0 Å². The minimum Gasteiger partial charge on any atom is -0.481 e. The number of hydrogen-bond acceptors (Lipinski definition) is 3. The Morgan fingerprint density at radius 2 is 1.62 bits per heavy atom. The Labute approximate surface area is 125 Å². The van der Waals surface area contributed by atoms with Gasteiger partial charge < -0.3 is 14.9 Å². The first kappa shape index (κ1) is 14.6. The van der Waals surface area contributed by atoms with Crippen molar-refractivity contribution in [2.75, 3.05) is 39.3 Å². The minimum atomic E-state index is -0.724. The van der Waals surface area contributed by atoms with Crippen molar-refractivity contribution in [3.05, 3.63) is 0 Å². The summed E-state index contributed by atoms with van der Waals surface area (Å²) in [6.45, 7) is 4.99. The van der Waals surface area contributed by atoms with Gasteiger partial charge in [-0.25, -0.2) is 4.79 Å². The Hall–Kier alpha value is -1.30. The van der Waals surface area contributed by atoms with Crippen molar-refractivity contribution in [3.8, 4) is 0 Å². The monoisotopic (exact) mass is 295 g/mol. The predicted molar refractivity (Wildman–Crippen MR) is 78.1 cm³/mol. The zero-order valence-electron chi connectivity index (χ0n) is 12.5. The number of urea groups is 1. The molecule has 3 rings (SSSR count). The van der Waals surface area contributed by atoms with Crippen LogP contribution in [0.3, 0.4) is 0 Å². The van der Waals surface area contributed by atoms with E-state index in [0.717, 1.165) is 19.6 Å². The summed E-state index contributed by atoms with van der Waals surface area (Å²) in [6, 6.07) is 0.650. The van der Waals surface area contributed by atoms with Crippen LogP contribution in [0.25, 0.3) is 0 Å². The third kappa shape index (κ3) is 3.15. The number of piperidine rings is 2. The molecule has 3 fully saturated rings. The van der Waals surface area contributed by atoms with Crippen LogP contribution in [0.15, 0.2) is 0 Å². The predicted octanol–water partition coefficient (Wildman–Crippen LogP) is 1.07. The highest BCUT2D eigenvalue weighted by molar-refractivity contribution is 5.75. The van der Waals surface area contributed by atoms with Crippen molar-refractivity contribution in [3.63, 3.8) is 0 Å². The zero-order chi connectivity index (χ0) is 14.8. The van der Waals surface area contributed by atoms with Crippen LogP contribution in [0.2, 0.25) is 0 Å². The Kier molecular flexibility index (Phi) is 4.33. The van der Waals surface area contributed by atoms with Crippen molar-refractivity contribution in [2.24, 2.45) is 5.92 Å². The average molecular weight is 295 g/mol. The molecular weight excluding hydrogens is 270 g/mol. The van der Waals surface area contributed by atoms with Crippen LogP contribution in [0.4, 0.5) is 4.79 Å². The number of hydrogen-bond donors (Lipinski definition) is 1. The number of piperazine rings is 1. The van der Waals surface area contributed by atoms with Crippen LogP contribution in [-0.4, -0.2) is 77.1 Å². The number of aliphatic carboxylic acids is 1. The summed E-state index contributed by atoms with van der Waals surface area (Å²) in [4.78, 5) is 29.9. The molecule has 0 aromatic carbocycles. The molecule has 2 amide bonds. The van der Waals surface area contributed by atoms with Crippen LogP contribution in [0, 0.1) is 5.92 Å². The lowest BCUT2D eigenvalue weighted by Gasteiger charge is -2.45. The second kappa shape index (κ2) is 6.22. The lowest BCUT2D eigenvalue weighted by molar-refractivity contribution is -0.143. The number of nitrogens with zero attached hydrogens (tertiary/aromatic N) is 3. The van der Waals surface area contributed by atoms with E-state index >= 15 is 0 Å². The van der Waals surface area contributed by atoms with E-state index in [9.17, 15) is 9.59 Å². The number of fused-ring (bicyclic) bond motifs is 1. The molecule has 3 aliphatic heterocycles. The molecule has 6 heteroatoms. The van der Waals surface area contributed by atoms with Crippen molar-refractivity contribution in [1.82, 2.24) is 14.7 Å². The molecule has 0 spiro atoms. The van der Waals surface area contributed by atoms with E-state index in [2.05, 4.69) is 4.90 Å². The second-order valence-corrected chi connectivity index (χ2v) is 6.51. The third-order valence-electron chi connectivity index (χ3n) is 5.22. The summed E-state index contributed by atoms with van der Waals surface area (Å²) in [5, 5.41) is 9.02. The fraction of sp³-hybridized carbons (Fsp3) is 0.867. The van der Waals surface area contributed by atoms with Crippen molar-refractivity contribution >= 4 is 12.0 Å². The maximum absolute atomic E-state index is 12.6. The van der Waals surface area contributed by atoms with E-state index in [1.807, 2.05) is 9.80 Å². The SMILES string of the molecule is O=C(O)C1CCN(C(=O)N2CCN3CCCCC3C2)CC1. The zero-order valence-corrected chi connectivity index (χ0v) is 12.5. The lowest BCUT2D eigenvalue weighted by atomic mass is 9.97. The normalized spacial score (nSPS) is 28.3. The van der Waals surface area contributed by atoms with Gasteiger partial charge in [0.15, 0.2) is 0 Å². The van der Waals surface area contributed by atoms with Gasteiger partial charge in [0, 0.05) is 38.8 Å². The van der Waals surface area contributed by atoms with Crippen LogP contribution < -0.4 is 0 Å². The number of rotatable bonds is 1. The van der Waals surface area contributed by atoms with Gasteiger partial charge >= 0.3 is 12.0 Å². The van der Waals surface area contributed by atoms with Crippen LogP contribution in [0.5, 0.6) is 0 Å². The van der Waals surface area contributed by atoms with Gasteiger partial charge in [0.1, 0.15) is 0 Å². The van der Waals surface area contributed by atoms with Gasteiger partial charge in [-0.05, 0) is 32.2 Å². The number of carbonyl (C=O) groups excluding carboxylic acids is 1. The fourth-order valence-electron chi connectivity index (χ4n) is 3.85. The molecule has 0 aromatic rings. The minimum absolute atomic E-state index is 0.115. The molecule has 0 bridgehead atoms. The number of carboxylic acids is 1. The highest BCUT2D eigenvalue weighted by Gasteiger charge is 2.34. The Morgan fingerprint density at radius 3 is 2.33 bits per heavy atom. The summed E-state index contributed by atoms with van der Waals surface area (Å²) < 4.78 is 0. The molecule has 118 valence electrons. The lowest BCUT2D eigenvalue weighted by Crippen LogP contribution is -2.59. The van der Waals surface area contributed by atoms with Crippen LogP contribution in [-0.2, 0) is 4.79 Å². The first-order valence-corrected chi connectivity index (χ1v) is 8.16. The first-order chi connectivity index (χ1) is 10.1. The van der Waals surface area contributed by atoms with E-state index in [1.54, 1.807) is 0 Å². The maximum atomic E-state index is 12.6. The molecule has 0 aliphatic carbocycles. The molecule has 3 aliphatic rings. The smallest absolute Gasteiger partial charge is 0.320 e. The molecule has 1 atom stereocenters. The topological polar surface area (TPSA) is 64.1 Å². The second-order valence-electron chi connectivity index (χ2n) is 6.51. The molecule has 21 heavy (non-hydrogen) atoms. The van der Waals surface area contributed by atoms with Gasteiger partial charge in [-0.2, -0.15) is 0 Å².